The quantitative estimate of drug-likeness (QED) is 0.773. The van der Waals surface area contributed by atoms with Crippen LogP contribution in [-0.2, 0) is 11.8 Å². The number of hydrogen-bond donors (Lipinski definition) is 2. The van der Waals surface area contributed by atoms with Gasteiger partial charge in [0.15, 0.2) is 5.82 Å². The van der Waals surface area contributed by atoms with Crippen molar-refractivity contribution < 1.29 is 4.79 Å². The van der Waals surface area contributed by atoms with Crippen molar-refractivity contribution in [3.05, 3.63) is 47.3 Å². The summed E-state index contributed by atoms with van der Waals surface area (Å²) >= 11 is 0. The number of aromatic nitrogens is 3. The molecule has 122 valence electrons. The van der Waals surface area contributed by atoms with Gasteiger partial charge < -0.3 is 10.3 Å². The summed E-state index contributed by atoms with van der Waals surface area (Å²) < 4.78 is 1.59. The molecule has 2 N–H and O–H groups in total. The number of hydrogen-bond acceptors (Lipinski definition) is 3. The summed E-state index contributed by atoms with van der Waals surface area (Å²) in [6.07, 6.45) is 2.27. The number of nitriles is 1. The molecule has 0 spiro atoms. The fourth-order valence-electron chi connectivity index (χ4n) is 2.90. The van der Waals surface area contributed by atoms with E-state index in [1.54, 1.807) is 18.7 Å². The molecule has 0 aliphatic rings. The molecule has 0 aliphatic heterocycles. The van der Waals surface area contributed by atoms with E-state index in [1.165, 1.54) is 0 Å². The lowest BCUT2D eigenvalue weighted by Gasteiger charge is -2.10. The zero-order valence-corrected chi connectivity index (χ0v) is 13.9. The molecule has 0 radical (unpaired) electrons. The molecular weight excluding hydrogens is 302 g/mol. The van der Waals surface area contributed by atoms with E-state index < -0.39 is 0 Å². The van der Waals surface area contributed by atoms with Crippen LogP contribution >= 0.6 is 0 Å². The highest BCUT2D eigenvalue weighted by Gasteiger charge is 2.18. The third-order valence-electron chi connectivity index (χ3n) is 4.35. The molecule has 6 nitrogen and oxygen atoms in total. The summed E-state index contributed by atoms with van der Waals surface area (Å²) in [5, 5.41) is 17.3. The first-order valence-electron chi connectivity index (χ1n) is 7.80. The molecular formula is C18H19N5O. The Balaban J connectivity index is 1.76. The molecule has 0 saturated carbocycles. The number of nitrogens with one attached hydrogen (secondary N) is 2. The summed E-state index contributed by atoms with van der Waals surface area (Å²) in [5.41, 5.74) is 3.31. The van der Waals surface area contributed by atoms with E-state index in [-0.39, 0.29) is 11.8 Å². The largest absolute Gasteiger partial charge is 0.361 e. The number of fused-ring (bicyclic) bond motifs is 1. The van der Waals surface area contributed by atoms with Crippen molar-refractivity contribution in [2.45, 2.75) is 26.2 Å². The average Bonchev–Trinajstić information content (AvgIpc) is 3.09. The zero-order chi connectivity index (χ0) is 17.3. The van der Waals surface area contributed by atoms with Gasteiger partial charge in [0.25, 0.3) is 0 Å². The molecule has 1 aromatic carbocycles. The summed E-state index contributed by atoms with van der Waals surface area (Å²) in [7, 11) is 1.75. The monoisotopic (exact) mass is 321 g/mol. The molecule has 3 rings (SSSR count). The van der Waals surface area contributed by atoms with E-state index in [0.29, 0.717) is 17.8 Å². The predicted octanol–water partition coefficient (Wildman–Crippen LogP) is 3.21. The molecule has 3 aromatic rings. The molecule has 1 unspecified atom stereocenters. The van der Waals surface area contributed by atoms with Crippen molar-refractivity contribution in [2.24, 2.45) is 7.05 Å². The third kappa shape index (κ3) is 2.76. The fourth-order valence-corrected chi connectivity index (χ4v) is 2.90. The van der Waals surface area contributed by atoms with Gasteiger partial charge in [0.05, 0.1) is 5.69 Å². The molecule has 6 heteroatoms. The number of carbonyl (C=O) groups excluding carboxylic acids is 1. The molecule has 0 fully saturated rings. The van der Waals surface area contributed by atoms with Crippen molar-refractivity contribution in [1.82, 2.24) is 14.8 Å². The number of H-pyrrole nitrogens is 1. The minimum atomic E-state index is -0.151. The van der Waals surface area contributed by atoms with Gasteiger partial charge in [-0.25, -0.2) is 0 Å². The van der Waals surface area contributed by atoms with Crippen molar-refractivity contribution in [2.75, 3.05) is 5.32 Å². The van der Waals surface area contributed by atoms with Crippen LogP contribution in [0.5, 0.6) is 0 Å². The van der Waals surface area contributed by atoms with Gasteiger partial charge in [-0.15, -0.1) is 0 Å². The molecule has 1 atom stereocenters. The predicted molar refractivity (Wildman–Crippen MR) is 92.6 cm³/mol. The highest BCUT2D eigenvalue weighted by Crippen LogP contribution is 2.28. The Morgan fingerprint density at radius 2 is 2.21 bits per heavy atom. The number of para-hydroxylation sites is 1. The third-order valence-corrected chi connectivity index (χ3v) is 4.35. The number of carbonyl (C=O) groups is 1. The van der Waals surface area contributed by atoms with Crippen LogP contribution in [0.15, 0.2) is 30.5 Å². The highest BCUT2D eigenvalue weighted by atomic mass is 16.1. The lowest BCUT2D eigenvalue weighted by Crippen LogP contribution is -2.15. The summed E-state index contributed by atoms with van der Waals surface area (Å²) in [6, 6.07) is 10.1. The van der Waals surface area contributed by atoms with Crippen LogP contribution in [0.4, 0.5) is 5.82 Å². The lowest BCUT2D eigenvalue weighted by molar-refractivity contribution is -0.116. The van der Waals surface area contributed by atoms with E-state index in [0.717, 1.165) is 22.2 Å². The smallest absolute Gasteiger partial charge is 0.226 e. The van der Waals surface area contributed by atoms with Gasteiger partial charge in [-0.1, -0.05) is 25.1 Å². The van der Waals surface area contributed by atoms with Crippen LogP contribution in [0.3, 0.4) is 0 Å². The van der Waals surface area contributed by atoms with Crippen molar-refractivity contribution in [3.8, 4) is 6.07 Å². The molecule has 0 bridgehead atoms. The minimum Gasteiger partial charge on any atom is -0.361 e. The lowest BCUT2D eigenvalue weighted by atomic mass is 9.97. The minimum absolute atomic E-state index is 0.0523. The second kappa shape index (κ2) is 6.20. The van der Waals surface area contributed by atoms with E-state index in [4.69, 9.17) is 0 Å². The van der Waals surface area contributed by atoms with Gasteiger partial charge in [-0.3, -0.25) is 9.48 Å². The van der Waals surface area contributed by atoms with Crippen LogP contribution in [0.2, 0.25) is 0 Å². The van der Waals surface area contributed by atoms with E-state index in [9.17, 15) is 10.1 Å². The maximum atomic E-state index is 12.4. The topological polar surface area (TPSA) is 86.5 Å². The number of amides is 1. The fraction of sp³-hybridized carbons (Fsp3) is 0.278. The number of aromatic amines is 1. The first-order chi connectivity index (χ1) is 11.5. The van der Waals surface area contributed by atoms with E-state index in [1.807, 2.05) is 37.4 Å². The molecule has 2 heterocycles. The zero-order valence-electron chi connectivity index (χ0n) is 13.9. The number of benzene rings is 1. The van der Waals surface area contributed by atoms with Gasteiger partial charge in [0.2, 0.25) is 5.91 Å². The van der Waals surface area contributed by atoms with Crippen LogP contribution in [0.25, 0.3) is 10.9 Å². The molecule has 24 heavy (non-hydrogen) atoms. The average molecular weight is 321 g/mol. The second-order valence-electron chi connectivity index (χ2n) is 5.99. The molecule has 0 saturated heterocycles. The summed E-state index contributed by atoms with van der Waals surface area (Å²) in [4.78, 5) is 15.6. The summed E-state index contributed by atoms with van der Waals surface area (Å²) in [5.74, 6) is 0.229. The number of anilines is 1. The van der Waals surface area contributed by atoms with E-state index >= 15 is 0 Å². The first-order valence-corrected chi connectivity index (χ1v) is 7.80. The van der Waals surface area contributed by atoms with Gasteiger partial charge in [0.1, 0.15) is 11.6 Å². The normalized spacial score (nSPS) is 12.1. The number of nitrogens with zero attached hydrogens (tertiary/aromatic N) is 3. The van der Waals surface area contributed by atoms with Gasteiger partial charge in [-0.2, -0.15) is 10.4 Å². The van der Waals surface area contributed by atoms with Crippen LogP contribution < -0.4 is 5.32 Å². The van der Waals surface area contributed by atoms with Crippen LogP contribution in [-0.4, -0.2) is 20.7 Å². The van der Waals surface area contributed by atoms with Gasteiger partial charge in [0, 0.05) is 30.6 Å². The molecule has 2 aromatic heterocycles. The Morgan fingerprint density at radius 1 is 1.46 bits per heavy atom. The molecule has 0 aliphatic carbocycles. The van der Waals surface area contributed by atoms with Crippen molar-refractivity contribution in [1.29, 1.82) is 5.26 Å². The molecule has 1 amide bonds. The standard InChI is InChI=1S/C18H19N5O/c1-11(15-10-20-16-7-5-4-6-13(15)16)8-17(24)21-18-14(9-19)12(2)23(3)22-18/h4-7,10-11,20H,8H2,1-3H3,(H,21,22,24). The SMILES string of the molecule is Cc1c(C#N)c(NC(=O)CC(C)c2c[nH]c3ccccc23)nn1C. The number of aryl methyl sites for hydroxylation is 1. The van der Waals surface area contributed by atoms with Gasteiger partial charge in [-0.05, 0) is 24.5 Å². The Hall–Kier alpha value is -3.07. The number of rotatable bonds is 4. The highest BCUT2D eigenvalue weighted by molar-refractivity contribution is 5.92. The summed E-state index contributed by atoms with van der Waals surface area (Å²) in [6.45, 7) is 3.82. The van der Waals surface area contributed by atoms with Gasteiger partial charge >= 0.3 is 0 Å². The second-order valence-corrected chi connectivity index (χ2v) is 5.99. The Kier molecular flexibility index (Phi) is 4.09. The van der Waals surface area contributed by atoms with Crippen LogP contribution in [0.1, 0.15) is 36.1 Å². The maximum Gasteiger partial charge on any atom is 0.226 e. The Labute approximate surface area is 140 Å². The van der Waals surface area contributed by atoms with Crippen molar-refractivity contribution in [3.63, 3.8) is 0 Å². The van der Waals surface area contributed by atoms with E-state index in [2.05, 4.69) is 21.5 Å². The Morgan fingerprint density at radius 3 is 2.96 bits per heavy atom. The van der Waals surface area contributed by atoms with Crippen molar-refractivity contribution >= 4 is 22.6 Å². The first kappa shape index (κ1) is 15.8. The van der Waals surface area contributed by atoms with Crippen LogP contribution in [0, 0.1) is 18.3 Å². The Bertz CT molecular complexity index is 944. The maximum absolute atomic E-state index is 12.4.